The zero-order valence-corrected chi connectivity index (χ0v) is 11.1. The van der Waals surface area contributed by atoms with Gasteiger partial charge in [-0.15, -0.1) is 0 Å². The van der Waals surface area contributed by atoms with E-state index in [2.05, 4.69) is 10.6 Å². The Morgan fingerprint density at radius 3 is 2.32 bits per heavy atom. The second kappa shape index (κ2) is 6.23. The van der Waals surface area contributed by atoms with Gasteiger partial charge < -0.3 is 10.6 Å². The number of benzene rings is 1. The van der Waals surface area contributed by atoms with Crippen molar-refractivity contribution in [1.29, 1.82) is 0 Å². The standard InChI is InChI=1S/C13H15F3N2S/c14-9-6-11(16)12(7-10(9)15)18-13(19)17-8-4-2-1-3-5-8/h6-8H,1-5H2,(H2,17,18,19). The molecule has 6 heteroatoms. The third-order valence-electron chi connectivity index (χ3n) is 3.20. The Kier molecular flexibility index (Phi) is 4.63. The molecule has 1 aromatic rings. The fraction of sp³-hybridized carbons (Fsp3) is 0.462. The predicted octanol–water partition coefficient (Wildman–Crippen LogP) is 3.72. The molecular formula is C13H15F3N2S. The lowest BCUT2D eigenvalue weighted by atomic mass is 9.96. The minimum Gasteiger partial charge on any atom is -0.360 e. The molecule has 1 aliphatic rings. The summed E-state index contributed by atoms with van der Waals surface area (Å²) in [6.45, 7) is 0. The SMILES string of the molecule is Fc1cc(F)c(NC(=S)NC2CCCCC2)cc1F. The lowest BCUT2D eigenvalue weighted by molar-refractivity contribution is 0.414. The molecule has 0 aromatic heterocycles. The van der Waals surface area contributed by atoms with Crippen molar-refractivity contribution in [1.82, 2.24) is 5.32 Å². The monoisotopic (exact) mass is 288 g/mol. The normalized spacial score (nSPS) is 16.2. The summed E-state index contributed by atoms with van der Waals surface area (Å²) in [7, 11) is 0. The number of halogens is 3. The summed E-state index contributed by atoms with van der Waals surface area (Å²) >= 11 is 5.05. The molecule has 1 aromatic carbocycles. The number of thiocarbonyl (C=S) groups is 1. The second-order valence-electron chi connectivity index (χ2n) is 4.68. The Balaban J connectivity index is 1.96. The van der Waals surface area contributed by atoms with E-state index in [1.165, 1.54) is 6.42 Å². The molecule has 1 aliphatic carbocycles. The van der Waals surface area contributed by atoms with Crippen molar-refractivity contribution in [3.8, 4) is 0 Å². The quantitative estimate of drug-likeness (QED) is 0.640. The van der Waals surface area contributed by atoms with Crippen molar-refractivity contribution in [2.24, 2.45) is 0 Å². The fourth-order valence-corrected chi connectivity index (χ4v) is 2.49. The van der Waals surface area contributed by atoms with Crippen LogP contribution in [0.1, 0.15) is 32.1 Å². The molecule has 0 heterocycles. The van der Waals surface area contributed by atoms with Crippen LogP contribution in [0.2, 0.25) is 0 Å². The van der Waals surface area contributed by atoms with Gasteiger partial charge in [0, 0.05) is 18.2 Å². The topological polar surface area (TPSA) is 24.1 Å². The van der Waals surface area contributed by atoms with Gasteiger partial charge in [0.2, 0.25) is 0 Å². The molecule has 104 valence electrons. The van der Waals surface area contributed by atoms with E-state index >= 15 is 0 Å². The lowest BCUT2D eigenvalue weighted by Gasteiger charge is -2.24. The highest BCUT2D eigenvalue weighted by molar-refractivity contribution is 7.80. The van der Waals surface area contributed by atoms with Gasteiger partial charge in [-0.05, 0) is 25.1 Å². The van der Waals surface area contributed by atoms with Crippen molar-refractivity contribution in [3.63, 3.8) is 0 Å². The molecule has 0 bridgehead atoms. The second-order valence-corrected chi connectivity index (χ2v) is 5.09. The Hall–Kier alpha value is -1.30. The molecule has 1 saturated carbocycles. The first kappa shape index (κ1) is 14.1. The van der Waals surface area contributed by atoms with Crippen molar-refractivity contribution in [2.75, 3.05) is 5.32 Å². The minimum absolute atomic E-state index is 0.160. The van der Waals surface area contributed by atoms with Gasteiger partial charge in [0.05, 0.1) is 5.69 Å². The lowest BCUT2D eigenvalue weighted by Crippen LogP contribution is -2.39. The summed E-state index contributed by atoms with van der Waals surface area (Å²) in [6.07, 6.45) is 5.53. The van der Waals surface area contributed by atoms with Gasteiger partial charge in [-0.1, -0.05) is 19.3 Å². The molecule has 1 fully saturated rings. The summed E-state index contributed by atoms with van der Waals surface area (Å²) in [5.41, 5.74) is -0.160. The van der Waals surface area contributed by atoms with Gasteiger partial charge >= 0.3 is 0 Å². The average molecular weight is 288 g/mol. The Morgan fingerprint density at radius 2 is 1.63 bits per heavy atom. The van der Waals surface area contributed by atoms with Gasteiger partial charge in [-0.25, -0.2) is 13.2 Å². The molecular weight excluding hydrogens is 273 g/mol. The maximum Gasteiger partial charge on any atom is 0.171 e. The van der Waals surface area contributed by atoms with Crippen LogP contribution in [0.15, 0.2) is 12.1 Å². The summed E-state index contributed by atoms with van der Waals surface area (Å²) in [5, 5.41) is 5.86. The highest BCUT2D eigenvalue weighted by Gasteiger charge is 2.15. The third kappa shape index (κ3) is 3.83. The molecule has 0 atom stereocenters. The van der Waals surface area contributed by atoms with Crippen LogP contribution >= 0.6 is 12.2 Å². The number of hydrogen-bond donors (Lipinski definition) is 2. The van der Waals surface area contributed by atoms with Gasteiger partial charge in [-0.3, -0.25) is 0 Å². The fourth-order valence-electron chi connectivity index (χ4n) is 2.21. The third-order valence-corrected chi connectivity index (χ3v) is 3.42. The van der Waals surface area contributed by atoms with E-state index in [4.69, 9.17) is 12.2 Å². The van der Waals surface area contributed by atoms with E-state index < -0.39 is 17.5 Å². The van der Waals surface area contributed by atoms with Crippen LogP contribution in [0.4, 0.5) is 18.9 Å². The Bertz CT molecular complexity index is 473. The van der Waals surface area contributed by atoms with Crippen LogP contribution < -0.4 is 10.6 Å². The summed E-state index contributed by atoms with van der Waals surface area (Å²) in [5.74, 6) is -3.19. The molecule has 0 amide bonds. The maximum absolute atomic E-state index is 13.4. The van der Waals surface area contributed by atoms with Crippen LogP contribution in [0, 0.1) is 17.5 Å². The molecule has 0 aliphatic heterocycles. The van der Waals surface area contributed by atoms with E-state index in [-0.39, 0.29) is 16.8 Å². The van der Waals surface area contributed by atoms with E-state index in [1.807, 2.05) is 0 Å². The summed E-state index contributed by atoms with van der Waals surface area (Å²) in [6, 6.07) is 1.53. The first-order valence-corrected chi connectivity index (χ1v) is 6.69. The van der Waals surface area contributed by atoms with Gasteiger partial charge in [0.25, 0.3) is 0 Å². The number of hydrogen-bond acceptors (Lipinski definition) is 1. The molecule has 2 rings (SSSR count). The largest absolute Gasteiger partial charge is 0.360 e. The Morgan fingerprint density at radius 1 is 1.00 bits per heavy atom. The molecule has 19 heavy (non-hydrogen) atoms. The predicted molar refractivity (Wildman–Crippen MR) is 72.5 cm³/mol. The number of anilines is 1. The van der Waals surface area contributed by atoms with Crippen molar-refractivity contribution < 1.29 is 13.2 Å². The molecule has 0 spiro atoms. The van der Waals surface area contributed by atoms with Gasteiger partial charge in [-0.2, -0.15) is 0 Å². The Labute approximate surface area is 115 Å². The van der Waals surface area contributed by atoms with E-state index in [9.17, 15) is 13.2 Å². The van der Waals surface area contributed by atoms with E-state index in [1.54, 1.807) is 0 Å². The smallest absolute Gasteiger partial charge is 0.171 e. The maximum atomic E-state index is 13.4. The molecule has 2 N–H and O–H groups in total. The van der Waals surface area contributed by atoms with Crippen molar-refractivity contribution in [3.05, 3.63) is 29.6 Å². The van der Waals surface area contributed by atoms with E-state index in [0.29, 0.717) is 6.07 Å². The molecule has 0 unspecified atom stereocenters. The summed E-state index contributed by atoms with van der Waals surface area (Å²) < 4.78 is 39.2. The zero-order chi connectivity index (χ0) is 13.8. The minimum atomic E-state index is -1.21. The van der Waals surface area contributed by atoms with E-state index in [0.717, 1.165) is 31.7 Å². The highest BCUT2D eigenvalue weighted by Crippen LogP contribution is 2.20. The molecule has 0 radical (unpaired) electrons. The van der Waals surface area contributed by atoms with Crippen molar-refractivity contribution in [2.45, 2.75) is 38.1 Å². The van der Waals surface area contributed by atoms with Crippen LogP contribution in [0.3, 0.4) is 0 Å². The van der Waals surface area contributed by atoms with Crippen LogP contribution in [-0.4, -0.2) is 11.2 Å². The van der Waals surface area contributed by atoms with Gasteiger partial charge in [0.1, 0.15) is 5.82 Å². The van der Waals surface area contributed by atoms with Crippen LogP contribution in [0.5, 0.6) is 0 Å². The van der Waals surface area contributed by atoms with Crippen LogP contribution in [-0.2, 0) is 0 Å². The number of rotatable bonds is 2. The average Bonchev–Trinajstić information content (AvgIpc) is 2.37. The van der Waals surface area contributed by atoms with Gasteiger partial charge in [0.15, 0.2) is 16.7 Å². The first-order valence-electron chi connectivity index (χ1n) is 6.28. The summed E-state index contributed by atoms with van der Waals surface area (Å²) in [4.78, 5) is 0. The molecule has 0 saturated heterocycles. The number of nitrogens with one attached hydrogen (secondary N) is 2. The van der Waals surface area contributed by atoms with Crippen LogP contribution in [0.25, 0.3) is 0 Å². The van der Waals surface area contributed by atoms with Crippen molar-refractivity contribution >= 4 is 23.0 Å². The molecule has 2 nitrogen and oxygen atoms in total. The zero-order valence-electron chi connectivity index (χ0n) is 10.3. The first-order chi connectivity index (χ1) is 9.06. The highest BCUT2D eigenvalue weighted by atomic mass is 32.1.